The number of amides is 1. The third kappa shape index (κ3) is 4.31. The van der Waals surface area contributed by atoms with E-state index >= 15 is 0 Å². The van der Waals surface area contributed by atoms with Gasteiger partial charge in [0.1, 0.15) is 5.00 Å². The Morgan fingerprint density at radius 2 is 2.00 bits per heavy atom. The van der Waals surface area contributed by atoms with E-state index in [9.17, 15) is 14.4 Å². The molecule has 10 heteroatoms. The zero-order valence-corrected chi connectivity index (χ0v) is 20.1. The number of aromatic amines is 1. The maximum Gasteiger partial charge on any atom is 0.359 e. The highest BCUT2D eigenvalue weighted by Gasteiger charge is 2.23. The van der Waals surface area contributed by atoms with Crippen LogP contribution in [0.1, 0.15) is 23.0 Å². The van der Waals surface area contributed by atoms with Crippen molar-refractivity contribution >= 4 is 61.5 Å². The number of thiophene rings is 1. The number of H-pyrrole nitrogens is 1. The molecule has 3 aromatic heterocycles. The highest BCUT2D eigenvalue weighted by Crippen LogP contribution is 2.31. The van der Waals surface area contributed by atoms with E-state index in [0.29, 0.717) is 21.1 Å². The van der Waals surface area contributed by atoms with Crippen molar-refractivity contribution in [3.63, 3.8) is 0 Å². The Bertz CT molecular complexity index is 1650. The lowest BCUT2D eigenvalue weighted by Gasteiger charge is -2.10. The Hall–Kier alpha value is -3.95. The third-order valence-corrected chi connectivity index (χ3v) is 6.58. The molecule has 0 aliphatic heterocycles. The number of benzene rings is 2. The zero-order valence-electron chi connectivity index (χ0n) is 18.5. The van der Waals surface area contributed by atoms with E-state index in [1.807, 2.05) is 24.3 Å². The highest BCUT2D eigenvalue weighted by molar-refractivity contribution is 7.16. The molecule has 0 unspecified atom stereocenters. The van der Waals surface area contributed by atoms with Gasteiger partial charge in [-0.1, -0.05) is 35.9 Å². The number of para-hydroxylation sites is 1. The number of nitrogens with zero attached hydrogens (tertiary/aromatic N) is 2. The Morgan fingerprint density at radius 1 is 1.17 bits per heavy atom. The third-order valence-electron chi connectivity index (χ3n) is 5.45. The lowest BCUT2D eigenvalue weighted by Crippen LogP contribution is -2.25. The first kappa shape index (κ1) is 22.8. The number of anilines is 1. The first-order valence-electron chi connectivity index (χ1n) is 10.8. The molecule has 0 radical (unpaired) electrons. The minimum atomic E-state index is -0.664. The molecule has 5 aromatic rings. The first-order valence-corrected chi connectivity index (χ1v) is 12.0. The molecule has 1 amide bonds. The Balaban J connectivity index is 1.57. The second-order valence-electron chi connectivity index (χ2n) is 7.70. The van der Waals surface area contributed by atoms with Gasteiger partial charge in [0.05, 0.1) is 24.1 Å². The molecule has 0 bridgehead atoms. The topological polar surface area (TPSA) is 106 Å². The van der Waals surface area contributed by atoms with Crippen LogP contribution in [0.25, 0.3) is 27.4 Å². The molecule has 0 saturated heterocycles. The summed E-state index contributed by atoms with van der Waals surface area (Å²) in [6, 6.07) is 14.3. The molecule has 0 fully saturated rings. The van der Waals surface area contributed by atoms with E-state index in [-0.39, 0.29) is 30.0 Å². The fourth-order valence-corrected chi connectivity index (χ4v) is 5.03. The number of esters is 1. The van der Waals surface area contributed by atoms with Gasteiger partial charge >= 0.3 is 5.97 Å². The van der Waals surface area contributed by atoms with Crippen molar-refractivity contribution in [3.8, 4) is 5.69 Å². The van der Waals surface area contributed by atoms with E-state index in [1.165, 1.54) is 0 Å². The molecule has 2 aromatic carbocycles. The molecule has 3 heterocycles. The van der Waals surface area contributed by atoms with E-state index in [2.05, 4.69) is 15.4 Å². The lowest BCUT2D eigenvalue weighted by atomic mass is 10.1. The second-order valence-corrected chi connectivity index (χ2v) is 9.02. The summed E-state index contributed by atoms with van der Waals surface area (Å²) in [5.41, 5.74) is 1.65. The van der Waals surface area contributed by atoms with Gasteiger partial charge < -0.3 is 15.0 Å². The van der Waals surface area contributed by atoms with Crippen molar-refractivity contribution < 1.29 is 14.3 Å². The van der Waals surface area contributed by atoms with Crippen LogP contribution in [0.3, 0.4) is 0 Å². The van der Waals surface area contributed by atoms with Crippen LogP contribution in [0.4, 0.5) is 5.00 Å². The number of hydrogen-bond acceptors (Lipinski definition) is 6. The van der Waals surface area contributed by atoms with Gasteiger partial charge in [-0.15, -0.1) is 11.3 Å². The molecule has 0 saturated carbocycles. The summed E-state index contributed by atoms with van der Waals surface area (Å²) in [5, 5.41) is 10.9. The van der Waals surface area contributed by atoms with Crippen LogP contribution >= 0.6 is 22.9 Å². The van der Waals surface area contributed by atoms with Crippen LogP contribution in [0, 0.1) is 0 Å². The number of carbonyl (C=O) groups is 2. The van der Waals surface area contributed by atoms with Gasteiger partial charge in [-0.2, -0.15) is 9.78 Å². The molecule has 35 heavy (non-hydrogen) atoms. The maximum atomic E-state index is 13.5. The minimum absolute atomic E-state index is 0.0187. The number of aromatic nitrogens is 3. The van der Waals surface area contributed by atoms with Crippen molar-refractivity contribution in [1.82, 2.24) is 14.8 Å². The van der Waals surface area contributed by atoms with E-state index in [1.54, 1.807) is 42.8 Å². The van der Waals surface area contributed by atoms with Gasteiger partial charge in [0, 0.05) is 32.9 Å². The minimum Gasteiger partial charge on any atom is -0.461 e. The molecular formula is C25H19ClN4O4S. The van der Waals surface area contributed by atoms with Gasteiger partial charge in [0.25, 0.3) is 5.56 Å². The SMILES string of the molecule is CCOC(=O)c1nn(-c2cccc(Cl)c2)c(=O)c2c(NC(=O)Cc3c[nH]c4ccccc34)scc12. The number of nitrogens with one attached hydrogen (secondary N) is 2. The van der Waals surface area contributed by atoms with Crippen LogP contribution in [0.2, 0.25) is 5.02 Å². The van der Waals surface area contributed by atoms with Crippen LogP contribution in [-0.4, -0.2) is 33.2 Å². The second kappa shape index (κ2) is 9.36. The van der Waals surface area contributed by atoms with Crippen LogP contribution in [0.15, 0.2) is 64.9 Å². The van der Waals surface area contributed by atoms with E-state index in [0.717, 1.165) is 32.5 Å². The number of fused-ring (bicyclic) bond motifs is 2. The van der Waals surface area contributed by atoms with E-state index < -0.39 is 11.5 Å². The zero-order chi connectivity index (χ0) is 24.5. The number of rotatable bonds is 6. The van der Waals surface area contributed by atoms with Gasteiger partial charge in [-0.05, 0) is 36.8 Å². The monoisotopic (exact) mass is 506 g/mol. The highest BCUT2D eigenvalue weighted by atomic mass is 35.5. The number of halogens is 1. The molecule has 5 rings (SSSR count). The summed E-state index contributed by atoms with van der Waals surface area (Å²) in [6.07, 6.45) is 1.91. The molecular weight excluding hydrogens is 488 g/mol. The first-order chi connectivity index (χ1) is 17.0. The summed E-state index contributed by atoms with van der Waals surface area (Å²) in [7, 11) is 0. The van der Waals surface area contributed by atoms with E-state index in [4.69, 9.17) is 16.3 Å². The summed E-state index contributed by atoms with van der Waals surface area (Å²) in [4.78, 5) is 42.3. The maximum absolute atomic E-state index is 13.5. The predicted octanol–water partition coefficient (Wildman–Crippen LogP) is 4.94. The fraction of sp³-hybridized carbons (Fsp3) is 0.120. The molecule has 0 aliphatic rings. The lowest BCUT2D eigenvalue weighted by molar-refractivity contribution is -0.115. The molecule has 0 spiro atoms. The summed E-state index contributed by atoms with van der Waals surface area (Å²) < 4.78 is 6.26. The normalized spacial score (nSPS) is 11.1. The van der Waals surface area contributed by atoms with Gasteiger partial charge in [-0.25, -0.2) is 4.79 Å². The van der Waals surface area contributed by atoms with Gasteiger partial charge in [0.2, 0.25) is 5.91 Å². The van der Waals surface area contributed by atoms with Crippen molar-refractivity contribution in [3.05, 3.63) is 86.7 Å². The largest absolute Gasteiger partial charge is 0.461 e. The Morgan fingerprint density at radius 3 is 2.80 bits per heavy atom. The number of hydrogen-bond donors (Lipinski definition) is 2. The molecule has 176 valence electrons. The van der Waals surface area contributed by atoms with Gasteiger partial charge in [0.15, 0.2) is 5.69 Å². The van der Waals surface area contributed by atoms with Crippen molar-refractivity contribution in [2.45, 2.75) is 13.3 Å². The number of carbonyl (C=O) groups excluding carboxylic acids is 2. The Labute approximate surface area is 208 Å². The van der Waals surface area contributed by atoms with Crippen LogP contribution < -0.4 is 10.9 Å². The fourth-order valence-electron chi connectivity index (χ4n) is 3.90. The number of ether oxygens (including phenoxy) is 1. The smallest absolute Gasteiger partial charge is 0.359 e. The molecule has 0 atom stereocenters. The van der Waals surface area contributed by atoms with Crippen molar-refractivity contribution in [2.75, 3.05) is 11.9 Å². The molecule has 2 N–H and O–H groups in total. The standard InChI is InChI=1S/C25H19ClN4O4S/c1-2-34-25(33)22-18-13-35-23(21(18)24(32)30(29-22)16-7-5-6-15(26)11-16)28-20(31)10-14-12-27-19-9-4-3-8-17(14)19/h3-9,11-13,27H,2,10H2,1H3,(H,28,31). The van der Waals surface area contributed by atoms with Crippen LogP contribution in [0.5, 0.6) is 0 Å². The molecule has 0 aliphatic carbocycles. The van der Waals surface area contributed by atoms with Crippen molar-refractivity contribution in [1.29, 1.82) is 0 Å². The summed E-state index contributed by atoms with van der Waals surface area (Å²) >= 11 is 7.26. The van der Waals surface area contributed by atoms with Crippen molar-refractivity contribution in [2.24, 2.45) is 0 Å². The summed E-state index contributed by atoms with van der Waals surface area (Å²) in [5.74, 6) is -0.954. The molecule has 8 nitrogen and oxygen atoms in total. The summed E-state index contributed by atoms with van der Waals surface area (Å²) in [6.45, 7) is 1.84. The quantitative estimate of drug-likeness (QED) is 0.317. The Kier molecular flexibility index (Phi) is 6.10. The average Bonchev–Trinajstić information content (AvgIpc) is 3.44. The van der Waals surface area contributed by atoms with Gasteiger partial charge in [-0.3, -0.25) is 9.59 Å². The average molecular weight is 507 g/mol. The predicted molar refractivity (Wildman–Crippen MR) is 137 cm³/mol. The van der Waals surface area contributed by atoms with Crippen LogP contribution in [-0.2, 0) is 16.0 Å².